The van der Waals surface area contributed by atoms with Gasteiger partial charge in [0.05, 0.1) is 22.8 Å². The number of halogens is 1. The number of carbonyl (C=O) groups is 1. The Balaban J connectivity index is 2.26. The average Bonchev–Trinajstić information content (AvgIpc) is 2.41. The normalized spacial score (nSPS) is 10.1. The summed E-state index contributed by atoms with van der Waals surface area (Å²) >= 11 is 3.38. The van der Waals surface area contributed by atoms with E-state index in [-0.39, 0.29) is 11.3 Å². The van der Waals surface area contributed by atoms with Gasteiger partial charge in [-0.1, -0.05) is 0 Å². The number of ether oxygens (including phenoxy) is 1. The fraction of sp³-hybridized carbons (Fsp3) is 0.0769. The van der Waals surface area contributed by atoms with Crippen molar-refractivity contribution in [3.8, 4) is 5.75 Å². The molecule has 0 atom stereocenters. The molecule has 0 bridgehead atoms. The number of nitrogens with two attached hydrogens (primary N) is 1. The fourth-order valence-corrected chi connectivity index (χ4v) is 2.12. The van der Waals surface area contributed by atoms with Gasteiger partial charge in [0.25, 0.3) is 0 Å². The number of nitrogens with zero attached hydrogens (tertiary/aromatic N) is 1. The zero-order valence-electron chi connectivity index (χ0n) is 10.6. The molecule has 4 N–H and O–H groups in total. The molecule has 0 saturated carbocycles. The molecule has 0 aliphatic heterocycles. The number of nitrogens with one attached hydrogen (secondary N) is 1. The van der Waals surface area contributed by atoms with Crippen molar-refractivity contribution >= 4 is 39.1 Å². The van der Waals surface area contributed by atoms with Gasteiger partial charge in [-0.2, -0.15) is 0 Å². The second kappa shape index (κ2) is 5.79. The molecular formula is C13H12BrN3O3. The van der Waals surface area contributed by atoms with Crippen molar-refractivity contribution < 1.29 is 14.6 Å². The highest BCUT2D eigenvalue weighted by molar-refractivity contribution is 9.10. The third-order valence-corrected chi connectivity index (χ3v) is 3.20. The van der Waals surface area contributed by atoms with Crippen LogP contribution in [0.4, 0.5) is 17.2 Å². The number of carboxylic acids is 1. The van der Waals surface area contributed by atoms with Crippen LogP contribution in [0, 0.1) is 0 Å². The maximum Gasteiger partial charge on any atom is 0.337 e. The van der Waals surface area contributed by atoms with Gasteiger partial charge < -0.3 is 20.9 Å². The van der Waals surface area contributed by atoms with E-state index in [1.54, 1.807) is 19.2 Å². The first-order valence-electron chi connectivity index (χ1n) is 5.60. The van der Waals surface area contributed by atoms with E-state index in [1.807, 2.05) is 6.07 Å². The minimum atomic E-state index is -1.07. The largest absolute Gasteiger partial charge is 0.496 e. The van der Waals surface area contributed by atoms with Crippen molar-refractivity contribution in [2.24, 2.45) is 0 Å². The lowest BCUT2D eigenvalue weighted by Crippen LogP contribution is -2.04. The predicted molar refractivity (Wildman–Crippen MR) is 79.6 cm³/mol. The summed E-state index contributed by atoms with van der Waals surface area (Å²) in [5.74, 6) is 0.0349. The zero-order chi connectivity index (χ0) is 14.7. The molecule has 0 radical (unpaired) electrons. The number of rotatable bonds is 4. The maximum absolute atomic E-state index is 10.8. The molecule has 0 amide bonds. The van der Waals surface area contributed by atoms with Crippen LogP contribution < -0.4 is 15.8 Å². The molecular weight excluding hydrogens is 326 g/mol. The second-order valence-electron chi connectivity index (χ2n) is 3.94. The summed E-state index contributed by atoms with van der Waals surface area (Å²) in [6, 6.07) is 6.76. The molecule has 0 aliphatic carbocycles. The van der Waals surface area contributed by atoms with Gasteiger partial charge in [-0.25, -0.2) is 9.78 Å². The number of nitrogen functional groups attached to an aromatic ring is 1. The van der Waals surface area contributed by atoms with E-state index in [0.29, 0.717) is 11.6 Å². The van der Waals surface area contributed by atoms with Gasteiger partial charge in [0.1, 0.15) is 5.75 Å². The average molecular weight is 338 g/mol. The second-order valence-corrected chi connectivity index (χ2v) is 4.80. The number of hydrogen-bond acceptors (Lipinski definition) is 5. The Morgan fingerprint density at radius 2 is 2.20 bits per heavy atom. The quantitative estimate of drug-likeness (QED) is 0.793. The Kier molecular flexibility index (Phi) is 4.09. The summed E-state index contributed by atoms with van der Waals surface area (Å²) in [7, 11) is 1.58. The van der Waals surface area contributed by atoms with Gasteiger partial charge in [-0.3, -0.25) is 0 Å². The third kappa shape index (κ3) is 3.00. The summed E-state index contributed by atoms with van der Waals surface area (Å²) in [5, 5.41) is 11.9. The third-order valence-electron chi connectivity index (χ3n) is 2.58. The summed E-state index contributed by atoms with van der Waals surface area (Å²) in [5.41, 5.74) is 6.83. The van der Waals surface area contributed by atoms with Crippen LogP contribution in [-0.2, 0) is 0 Å². The molecule has 104 valence electrons. The molecule has 20 heavy (non-hydrogen) atoms. The molecule has 6 nitrogen and oxygen atoms in total. The van der Waals surface area contributed by atoms with E-state index >= 15 is 0 Å². The highest BCUT2D eigenvalue weighted by Crippen LogP contribution is 2.30. The molecule has 0 unspecified atom stereocenters. The number of benzene rings is 1. The van der Waals surface area contributed by atoms with Gasteiger partial charge >= 0.3 is 5.97 Å². The number of pyridine rings is 1. The van der Waals surface area contributed by atoms with E-state index < -0.39 is 5.97 Å². The van der Waals surface area contributed by atoms with Crippen molar-refractivity contribution in [3.05, 3.63) is 40.5 Å². The summed E-state index contributed by atoms with van der Waals surface area (Å²) in [6.07, 6.45) is 1.25. The minimum Gasteiger partial charge on any atom is -0.496 e. The lowest BCUT2D eigenvalue weighted by Gasteiger charge is -2.10. The number of methoxy groups -OCH3 is 1. The smallest absolute Gasteiger partial charge is 0.337 e. The van der Waals surface area contributed by atoms with Crippen molar-refractivity contribution in [1.82, 2.24) is 4.98 Å². The van der Waals surface area contributed by atoms with Crippen LogP contribution in [-0.4, -0.2) is 23.2 Å². The van der Waals surface area contributed by atoms with Crippen LogP contribution in [0.1, 0.15) is 10.4 Å². The van der Waals surface area contributed by atoms with Crippen LogP contribution in [0.5, 0.6) is 5.75 Å². The highest BCUT2D eigenvalue weighted by Gasteiger charge is 2.09. The zero-order valence-corrected chi connectivity index (χ0v) is 12.1. The molecule has 2 aromatic rings. The van der Waals surface area contributed by atoms with E-state index in [0.717, 1.165) is 10.2 Å². The summed E-state index contributed by atoms with van der Waals surface area (Å²) < 4.78 is 5.92. The molecule has 0 aliphatic rings. The summed E-state index contributed by atoms with van der Waals surface area (Å²) in [6.45, 7) is 0. The summed E-state index contributed by atoms with van der Waals surface area (Å²) in [4.78, 5) is 14.8. The highest BCUT2D eigenvalue weighted by atomic mass is 79.9. The molecule has 0 fully saturated rings. The molecule has 2 rings (SSSR count). The van der Waals surface area contributed by atoms with E-state index in [4.69, 9.17) is 15.6 Å². The maximum atomic E-state index is 10.8. The van der Waals surface area contributed by atoms with Crippen LogP contribution in [0.2, 0.25) is 0 Å². The van der Waals surface area contributed by atoms with Gasteiger partial charge in [0.15, 0.2) is 5.82 Å². The molecule has 1 heterocycles. The molecule has 0 saturated heterocycles. The van der Waals surface area contributed by atoms with Gasteiger partial charge in [0.2, 0.25) is 0 Å². The minimum absolute atomic E-state index is 0.0453. The SMILES string of the molecule is COc1ccc(Nc2ncc(C(=O)O)cc2N)cc1Br. The van der Waals surface area contributed by atoms with Crippen molar-refractivity contribution in [2.45, 2.75) is 0 Å². The Bertz CT molecular complexity index is 661. The Hall–Kier alpha value is -2.28. The first-order valence-corrected chi connectivity index (χ1v) is 6.40. The van der Waals surface area contributed by atoms with Crippen LogP contribution in [0.25, 0.3) is 0 Å². The molecule has 7 heteroatoms. The van der Waals surface area contributed by atoms with Crippen molar-refractivity contribution in [1.29, 1.82) is 0 Å². The topological polar surface area (TPSA) is 97.5 Å². The molecule has 0 spiro atoms. The van der Waals surface area contributed by atoms with Gasteiger partial charge in [-0.15, -0.1) is 0 Å². The lowest BCUT2D eigenvalue weighted by molar-refractivity contribution is 0.0696. The number of anilines is 3. The van der Waals surface area contributed by atoms with Crippen molar-refractivity contribution in [2.75, 3.05) is 18.2 Å². The van der Waals surface area contributed by atoms with Gasteiger partial charge in [-0.05, 0) is 40.2 Å². The van der Waals surface area contributed by atoms with Crippen molar-refractivity contribution in [3.63, 3.8) is 0 Å². The first kappa shape index (κ1) is 14.1. The fourth-order valence-electron chi connectivity index (χ4n) is 1.58. The van der Waals surface area contributed by atoms with E-state index in [9.17, 15) is 4.79 Å². The predicted octanol–water partition coefficient (Wildman–Crippen LogP) is 2.88. The Labute approximate surface area is 123 Å². The van der Waals surface area contributed by atoms with Crippen LogP contribution in [0.3, 0.4) is 0 Å². The Morgan fingerprint density at radius 1 is 1.45 bits per heavy atom. The first-order chi connectivity index (χ1) is 9.51. The monoisotopic (exact) mass is 337 g/mol. The molecule has 1 aromatic carbocycles. The number of carboxylic acid groups (broad SMARTS) is 1. The lowest BCUT2D eigenvalue weighted by atomic mass is 10.2. The van der Waals surface area contributed by atoms with E-state index in [1.165, 1.54) is 12.3 Å². The van der Waals surface area contributed by atoms with Crippen LogP contribution in [0.15, 0.2) is 34.9 Å². The van der Waals surface area contributed by atoms with Gasteiger partial charge in [0, 0.05) is 11.9 Å². The standard InChI is InChI=1S/C13H12BrN3O3/c1-20-11-3-2-8(5-9(11)14)17-12-10(15)4-7(6-16-12)13(18)19/h2-6H,15H2,1H3,(H,16,17)(H,18,19). The Morgan fingerprint density at radius 3 is 2.75 bits per heavy atom. The number of aromatic carboxylic acids is 1. The van der Waals surface area contributed by atoms with E-state index in [2.05, 4.69) is 26.2 Å². The number of hydrogen-bond donors (Lipinski definition) is 3. The molecule has 1 aromatic heterocycles. The van der Waals surface area contributed by atoms with Crippen LogP contribution >= 0.6 is 15.9 Å². The number of aromatic nitrogens is 1.